The largest absolute Gasteiger partial charge is 0.379 e. The van der Waals surface area contributed by atoms with E-state index < -0.39 is 0 Å². The van der Waals surface area contributed by atoms with E-state index in [0.29, 0.717) is 0 Å². The van der Waals surface area contributed by atoms with Crippen molar-refractivity contribution >= 4 is 0 Å². The zero-order chi connectivity index (χ0) is 8.69. The maximum atomic E-state index is 8.86. The molecule has 0 radical (unpaired) electrons. The van der Waals surface area contributed by atoms with Crippen molar-refractivity contribution in [1.82, 2.24) is 15.6 Å². The molecule has 0 fully saturated rings. The van der Waals surface area contributed by atoms with E-state index in [2.05, 4.69) is 4.84 Å². The monoisotopic (exact) mass is 167 g/mol. The zero-order valence-corrected chi connectivity index (χ0v) is 6.27. The topological polar surface area (TPSA) is 88.4 Å². The summed E-state index contributed by atoms with van der Waals surface area (Å²) in [5.74, 6) is 0. The number of aliphatic hydroxyl groups excluding tert-OH is 1. The molecule has 0 saturated carbocycles. The van der Waals surface area contributed by atoms with Gasteiger partial charge in [0, 0.05) is 0 Å². The summed E-state index contributed by atoms with van der Waals surface area (Å²) in [4.78, 5) is 4.59. The smallest absolute Gasteiger partial charge is 0.120 e. The van der Waals surface area contributed by atoms with Crippen LogP contribution in [0.5, 0.6) is 0 Å². The first-order valence-electron chi connectivity index (χ1n) is 2.95. The second-order valence-electron chi connectivity index (χ2n) is 1.77. The Balaban J connectivity index is 3.44. The number of aliphatic hydroxyl groups is 1. The van der Waals surface area contributed by atoms with Crippen LogP contribution in [0.15, 0.2) is 0 Å². The highest BCUT2D eigenvalue weighted by atomic mass is 16.7. The average Bonchev–Trinajstić information content (AvgIpc) is 2.01. The molecule has 11 heavy (non-hydrogen) atoms. The number of nitrogens with zero attached hydrogens (tertiary/aromatic N) is 2. The third-order valence-electron chi connectivity index (χ3n) is 0.990. The summed E-state index contributed by atoms with van der Waals surface area (Å²) in [6.07, 6.45) is 0. The molecule has 0 aromatic heterocycles. The van der Waals surface area contributed by atoms with Crippen LogP contribution in [0, 0.1) is 0 Å². The van der Waals surface area contributed by atoms with E-state index in [-0.39, 0.29) is 20.1 Å². The summed E-state index contributed by atoms with van der Waals surface area (Å²) < 4.78 is 0. The van der Waals surface area contributed by atoms with Crippen molar-refractivity contribution in [1.29, 1.82) is 0 Å². The van der Waals surface area contributed by atoms with Crippen molar-refractivity contribution < 1.29 is 20.4 Å². The second kappa shape index (κ2) is 6.43. The summed E-state index contributed by atoms with van der Waals surface area (Å²) in [6, 6.07) is 0. The van der Waals surface area contributed by atoms with Gasteiger partial charge in [0.05, 0.1) is 13.8 Å². The third kappa shape index (κ3) is 5.04. The fourth-order valence-corrected chi connectivity index (χ4v) is 0.474. The fraction of sp³-hybridized carbons (Fsp3) is 1.00. The maximum absolute atomic E-state index is 8.86. The Labute approximate surface area is 64.3 Å². The second-order valence-corrected chi connectivity index (χ2v) is 1.77. The SMILES string of the molecule is CON(CO)CN(O)CNO. The van der Waals surface area contributed by atoms with Crippen molar-refractivity contribution in [2.75, 3.05) is 27.2 Å². The molecule has 0 aromatic carbocycles. The van der Waals surface area contributed by atoms with Crippen LogP contribution in [0.1, 0.15) is 0 Å². The van der Waals surface area contributed by atoms with Gasteiger partial charge < -0.3 is 15.5 Å². The lowest BCUT2D eigenvalue weighted by Crippen LogP contribution is -2.39. The Hall–Kier alpha value is -0.280. The van der Waals surface area contributed by atoms with Crippen LogP contribution in [0.3, 0.4) is 0 Å². The molecule has 0 rings (SSSR count). The van der Waals surface area contributed by atoms with E-state index in [1.807, 2.05) is 0 Å². The number of nitrogens with one attached hydrogen (secondary N) is 1. The standard InChI is InChI=1S/C4H13N3O4/c1-11-7(4-8)3-6(10)2-5-9/h5,8-10H,2-4H2,1H3. The lowest BCUT2D eigenvalue weighted by molar-refractivity contribution is -0.250. The Morgan fingerprint density at radius 2 is 2.18 bits per heavy atom. The summed E-state index contributed by atoms with van der Waals surface area (Å²) >= 11 is 0. The first kappa shape index (κ1) is 10.7. The van der Waals surface area contributed by atoms with E-state index in [1.165, 1.54) is 7.11 Å². The molecule has 0 aliphatic rings. The minimum atomic E-state index is -0.334. The van der Waals surface area contributed by atoms with Crippen LogP contribution in [-0.4, -0.2) is 52.8 Å². The van der Waals surface area contributed by atoms with Crippen LogP contribution < -0.4 is 5.48 Å². The fourth-order valence-electron chi connectivity index (χ4n) is 0.474. The molecular weight excluding hydrogens is 154 g/mol. The van der Waals surface area contributed by atoms with E-state index in [4.69, 9.17) is 15.5 Å². The van der Waals surface area contributed by atoms with Crippen LogP contribution in [0.2, 0.25) is 0 Å². The first-order chi connectivity index (χ1) is 5.24. The number of hydrogen-bond acceptors (Lipinski definition) is 7. The van der Waals surface area contributed by atoms with Crippen molar-refractivity contribution in [2.24, 2.45) is 0 Å². The molecule has 7 heteroatoms. The van der Waals surface area contributed by atoms with E-state index in [0.717, 1.165) is 10.1 Å². The van der Waals surface area contributed by atoms with Gasteiger partial charge in [-0.25, -0.2) is 0 Å². The highest BCUT2D eigenvalue weighted by Crippen LogP contribution is 1.87. The average molecular weight is 167 g/mol. The molecule has 0 bridgehead atoms. The Kier molecular flexibility index (Phi) is 6.27. The minimum absolute atomic E-state index is 0.0272. The highest BCUT2D eigenvalue weighted by Gasteiger charge is 2.05. The molecular formula is C4H13N3O4. The van der Waals surface area contributed by atoms with E-state index in [9.17, 15) is 0 Å². The van der Waals surface area contributed by atoms with Gasteiger partial charge in [-0.05, 0) is 0 Å². The molecule has 0 aromatic rings. The van der Waals surface area contributed by atoms with Gasteiger partial charge >= 0.3 is 0 Å². The lowest BCUT2D eigenvalue weighted by Gasteiger charge is -2.21. The van der Waals surface area contributed by atoms with Gasteiger partial charge in [-0.15, -0.1) is 5.06 Å². The zero-order valence-electron chi connectivity index (χ0n) is 6.27. The molecule has 0 atom stereocenters. The van der Waals surface area contributed by atoms with Crippen LogP contribution in [0.25, 0.3) is 0 Å². The van der Waals surface area contributed by atoms with Gasteiger partial charge in [-0.3, -0.25) is 4.84 Å². The predicted molar refractivity (Wildman–Crippen MR) is 34.2 cm³/mol. The lowest BCUT2D eigenvalue weighted by atomic mass is 10.9. The molecule has 0 heterocycles. The van der Waals surface area contributed by atoms with Crippen LogP contribution in [0.4, 0.5) is 0 Å². The molecule has 0 unspecified atom stereocenters. The van der Waals surface area contributed by atoms with Gasteiger partial charge in [-0.2, -0.15) is 10.5 Å². The van der Waals surface area contributed by atoms with Gasteiger partial charge in [0.1, 0.15) is 13.4 Å². The molecule has 0 saturated heterocycles. The van der Waals surface area contributed by atoms with Gasteiger partial charge in [0.2, 0.25) is 0 Å². The molecule has 7 nitrogen and oxygen atoms in total. The summed E-state index contributed by atoms with van der Waals surface area (Å²) in [7, 11) is 1.36. The molecule has 0 spiro atoms. The first-order valence-corrected chi connectivity index (χ1v) is 2.95. The molecule has 0 aliphatic heterocycles. The minimum Gasteiger partial charge on any atom is -0.379 e. The van der Waals surface area contributed by atoms with E-state index >= 15 is 0 Å². The number of rotatable bonds is 6. The van der Waals surface area contributed by atoms with E-state index in [1.54, 1.807) is 5.48 Å². The Morgan fingerprint density at radius 3 is 2.55 bits per heavy atom. The third-order valence-corrected chi connectivity index (χ3v) is 0.990. The maximum Gasteiger partial charge on any atom is 0.120 e. The quantitative estimate of drug-likeness (QED) is 0.279. The normalized spacial score (nSPS) is 11.5. The number of hydrogen-bond donors (Lipinski definition) is 4. The highest BCUT2D eigenvalue weighted by molar-refractivity contribution is 4.33. The van der Waals surface area contributed by atoms with Crippen molar-refractivity contribution in [2.45, 2.75) is 0 Å². The van der Waals surface area contributed by atoms with Crippen LogP contribution >= 0.6 is 0 Å². The van der Waals surface area contributed by atoms with Crippen molar-refractivity contribution in [3.8, 4) is 0 Å². The molecule has 4 N–H and O–H groups in total. The van der Waals surface area contributed by atoms with Gasteiger partial charge in [0.15, 0.2) is 0 Å². The summed E-state index contributed by atoms with van der Waals surface area (Å²) in [5, 5.41) is 27.3. The van der Waals surface area contributed by atoms with Crippen LogP contribution in [-0.2, 0) is 4.84 Å². The van der Waals surface area contributed by atoms with Gasteiger partial charge in [0.25, 0.3) is 0 Å². The van der Waals surface area contributed by atoms with Crippen molar-refractivity contribution in [3.05, 3.63) is 0 Å². The van der Waals surface area contributed by atoms with Gasteiger partial charge in [-0.1, -0.05) is 0 Å². The van der Waals surface area contributed by atoms with Crippen molar-refractivity contribution in [3.63, 3.8) is 0 Å². The molecule has 68 valence electrons. The molecule has 0 amide bonds. The molecule has 0 aliphatic carbocycles. The Bertz CT molecular complexity index is 89.4. The number of hydroxylamine groups is 5. The summed E-state index contributed by atoms with van der Waals surface area (Å²) in [6.45, 7) is -0.487. The Morgan fingerprint density at radius 1 is 1.55 bits per heavy atom. The predicted octanol–water partition coefficient (Wildman–Crippen LogP) is -1.62. The summed E-state index contributed by atoms with van der Waals surface area (Å²) in [5.41, 5.74) is 1.73.